The number of carbonyl (C=O) groups is 1. The molecule has 0 spiro atoms. The maximum atomic E-state index is 13.9. The minimum absolute atomic E-state index is 0.0472. The quantitative estimate of drug-likeness (QED) is 0.187. The van der Waals surface area contributed by atoms with Crippen LogP contribution in [-0.2, 0) is 21.9 Å². The Bertz CT molecular complexity index is 2070. The minimum atomic E-state index is -4.31. The van der Waals surface area contributed by atoms with Crippen LogP contribution in [0, 0.1) is 34.6 Å². The van der Waals surface area contributed by atoms with Gasteiger partial charge in [-0.05, 0) is 88.2 Å². The number of rotatable bonds is 9. The zero-order chi connectivity index (χ0) is 32.5. The summed E-state index contributed by atoms with van der Waals surface area (Å²) in [5.74, 6) is -0.706. The summed E-state index contributed by atoms with van der Waals surface area (Å²) in [6, 6.07) is 24.8. The molecule has 45 heavy (non-hydrogen) atoms. The van der Waals surface area contributed by atoms with Crippen LogP contribution >= 0.6 is 0 Å². The first-order valence-corrected chi connectivity index (χ1v) is 15.9. The van der Waals surface area contributed by atoms with Gasteiger partial charge < -0.3 is 4.57 Å². The van der Waals surface area contributed by atoms with Crippen LogP contribution in [0.3, 0.4) is 0 Å². The Labute approximate surface area is 262 Å². The van der Waals surface area contributed by atoms with Gasteiger partial charge in [-0.3, -0.25) is 14.3 Å². The molecule has 1 amide bonds. The van der Waals surface area contributed by atoms with Gasteiger partial charge in [0, 0.05) is 29.7 Å². The first kappa shape index (κ1) is 31.3. The fourth-order valence-electron chi connectivity index (χ4n) is 5.37. The number of carbonyl (C=O) groups excluding carboxylic acids is 1. The van der Waals surface area contributed by atoms with Crippen molar-refractivity contribution in [1.82, 2.24) is 19.4 Å². The van der Waals surface area contributed by atoms with E-state index in [4.69, 9.17) is 0 Å². The van der Waals surface area contributed by atoms with Gasteiger partial charge in [-0.2, -0.15) is 5.10 Å². The summed E-state index contributed by atoms with van der Waals surface area (Å²) in [5, 5.41) is 4.15. The highest BCUT2D eigenvalue weighted by Gasteiger charge is 2.33. The number of aromatic nitrogens is 3. The molecule has 2 heterocycles. The molecule has 0 saturated carbocycles. The first-order chi connectivity index (χ1) is 21.4. The van der Waals surface area contributed by atoms with Crippen LogP contribution in [0.1, 0.15) is 33.8 Å². The van der Waals surface area contributed by atoms with E-state index in [-0.39, 0.29) is 10.6 Å². The van der Waals surface area contributed by atoms with E-state index in [1.54, 1.807) is 61.1 Å². The molecule has 232 valence electrons. The number of nitrogens with one attached hydrogen (secondary N) is 1. The van der Waals surface area contributed by atoms with Gasteiger partial charge >= 0.3 is 0 Å². The Morgan fingerprint density at radius 1 is 0.844 bits per heavy atom. The van der Waals surface area contributed by atoms with E-state index >= 15 is 0 Å². The molecule has 5 rings (SSSR count). The number of sulfonamides is 1. The van der Waals surface area contributed by atoms with E-state index in [1.165, 1.54) is 34.2 Å². The Balaban J connectivity index is 1.46. The number of nitrogens with zero attached hydrogens (tertiary/aromatic N) is 5. The molecule has 2 aromatic heterocycles. The Kier molecular flexibility index (Phi) is 8.65. The second-order valence-electron chi connectivity index (χ2n) is 11.0. The molecule has 5 aromatic rings. The lowest BCUT2D eigenvalue weighted by atomic mass is 10.1. The summed E-state index contributed by atoms with van der Waals surface area (Å²) >= 11 is 0. The van der Waals surface area contributed by atoms with Crippen molar-refractivity contribution in [2.75, 3.05) is 10.8 Å². The average Bonchev–Trinajstić information content (AvgIpc) is 3.43. The van der Waals surface area contributed by atoms with Crippen molar-refractivity contribution in [3.05, 3.63) is 129 Å². The number of amides is 1. The fourth-order valence-corrected chi connectivity index (χ4v) is 6.86. The number of benzene rings is 3. The van der Waals surface area contributed by atoms with Gasteiger partial charge in [-0.25, -0.2) is 22.8 Å². The summed E-state index contributed by atoms with van der Waals surface area (Å²) in [5.41, 5.74) is 8.84. The molecule has 1 N–H and O–H groups in total. The highest BCUT2D eigenvalue weighted by Crippen LogP contribution is 2.26. The summed E-state index contributed by atoms with van der Waals surface area (Å²) < 4.78 is 33.8. The van der Waals surface area contributed by atoms with E-state index in [2.05, 4.69) is 47.1 Å². The number of anilines is 1. The summed E-state index contributed by atoms with van der Waals surface area (Å²) in [6.45, 7) is 9.08. The molecule has 0 aliphatic carbocycles. The van der Waals surface area contributed by atoms with E-state index in [1.807, 2.05) is 26.0 Å². The van der Waals surface area contributed by atoms with Crippen molar-refractivity contribution in [1.29, 1.82) is 0 Å². The van der Waals surface area contributed by atoms with E-state index < -0.39 is 28.0 Å². The van der Waals surface area contributed by atoms with Crippen molar-refractivity contribution >= 4 is 27.8 Å². The Morgan fingerprint density at radius 2 is 1.49 bits per heavy atom. The van der Waals surface area contributed by atoms with Crippen LogP contribution in [0.15, 0.2) is 99.7 Å². The van der Waals surface area contributed by atoms with Gasteiger partial charge in [-0.1, -0.05) is 42.5 Å². The minimum Gasteiger partial charge on any atom is -0.318 e. The SMILES string of the molecule is Cc1ccc(-n2c(C)cc(/C=N/NC(=O)CN(c3c(C)n(C)n(-c4ccccc4)c3=O)S(=O)(=O)c3ccccc3)c2C)cc1C. The monoisotopic (exact) mass is 624 g/mol. The molecular weight excluding hydrogens is 588 g/mol. The molecule has 0 saturated heterocycles. The van der Waals surface area contributed by atoms with Gasteiger partial charge in [0.15, 0.2) is 0 Å². The van der Waals surface area contributed by atoms with Crippen LogP contribution in [0.5, 0.6) is 0 Å². The smallest absolute Gasteiger partial charge is 0.296 e. The molecule has 0 aliphatic heterocycles. The van der Waals surface area contributed by atoms with Gasteiger partial charge in [-0.15, -0.1) is 0 Å². The molecule has 11 heteroatoms. The first-order valence-electron chi connectivity index (χ1n) is 14.4. The van der Waals surface area contributed by atoms with E-state index in [9.17, 15) is 18.0 Å². The number of hydrazone groups is 1. The third kappa shape index (κ3) is 5.99. The van der Waals surface area contributed by atoms with Crippen molar-refractivity contribution in [3.63, 3.8) is 0 Å². The third-order valence-corrected chi connectivity index (χ3v) is 9.76. The summed E-state index contributed by atoms with van der Waals surface area (Å²) in [4.78, 5) is 27.0. The van der Waals surface area contributed by atoms with Crippen LogP contribution in [0.25, 0.3) is 11.4 Å². The van der Waals surface area contributed by atoms with Crippen molar-refractivity contribution in [2.45, 2.75) is 39.5 Å². The lowest BCUT2D eigenvalue weighted by molar-refractivity contribution is -0.119. The lowest BCUT2D eigenvalue weighted by Crippen LogP contribution is -2.42. The molecule has 0 aliphatic rings. The Hall–Kier alpha value is -5.16. The van der Waals surface area contributed by atoms with Crippen LogP contribution < -0.4 is 15.3 Å². The molecule has 0 atom stereocenters. The zero-order valence-electron chi connectivity index (χ0n) is 26.1. The molecule has 0 radical (unpaired) electrons. The topological polar surface area (TPSA) is 111 Å². The normalized spacial score (nSPS) is 11.7. The summed E-state index contributed by atoms with van der Waals surface area (Å²) in [7, 11) is -2.65. The second-order valence-corrected chi connectivity index (χ2v) is 12.8. The summed E-state index contributed by atoms with van der Waals surface area (Å²) in [6.07, 6.45) is 1.53. The number of para-hydroxylation sites is 1. The number of hydrogen-bond donors (Lipinski definition) is 1. The Morgan fingerprint density at radius 3 is 2.13 bits per heavy atom. The van der Waals surface area contributed by atoms with Gasteiger partial charge in [0.1, 0.15) is 12.2 Å². The molecule has 0 bridgehead atoms. The number of hydrogen-bond acceptors (Lipinski definition) is 5. The maximum Gasteiger partial charge on any atom is 0.296 e. The lowest BCUT2D eigenvalue weighted by Gasteiger charge is -2.22. The van der Waals surface area contributed by atoms with E-state index in [0.29, 0.717) is 11.4 Å². The van der Waals surface area contributed by atoms with Crippen molar-refractivity contribution < 1.29 is 13.2 Å². The van der Waals surface area contributed by atoms with Gasteiger partial charge in [0.25, 0.3) is 21.5 Å². The van der Waals surface area contributed by atoms with Crippen molar-refractivity contribution in [2.24, 2.45) is 12.1 Å². The van der Waals surface area contributed by atoms with E-state index in [0.717, 1.165) is 26.9 Å². The van der Waals surface area contributed by atoms with Crippen LogP contribution in [-0.4, -0.2) is 41.0 Å². The van der Waals surface area contributed by atoms with Crippen LogP contribution in [0.2, 0.25) is 0 Å². The molecule has 10 nitrogen and oxygen atoms in total. The molecular formula is C34H36N6O4S. The van der Waals surface area contributed by atoms with Gasteiger partial charge in [0.05, 0.1) is 22.5 Å². The average molecular weight is 625 g/mol. The second kappa shape index (κ2) is 12.4. The standard InChI is InChI=1S/C34H36N6O4S/c1-23-17-18-30(19-24(23)2)39-25(3)20-28(26(39)4)21-35-36-32(41)22-38(45(43,44)31-15-11-8-12-16-31)33-27(5)37(6)40(34(33)42)29-13-9-7-10-14-29/h7-21H,22H2,1-6H3,(H,36,41)/b35-21+. The third-order valence-electron chi connectivity index (χ3n) is 8.00. The molecule has 0 fully saturated rings. The van der Waals surface area contributed by atoms with Crippen molar-refractivity contribution in [3.8, 4) is 11.4 Å². The molecule has 3 aromatic carbocycles. The largest absolute Gasteiger partial charge is 0.318 e. The fraction of sp³-hybridized carbons (Fsp3) is 0.206. The predicted octanol–water partition coefficient (Wildman–Crippen LogP) is 4.85. The van der Waals surface area contributed by atoms with Crippen LogP contribution in [0.4, 0.5) is 5.69 Å². The molecule has 0 unspecified atom stereocenters. The highest BCUT2D eigenvalue weighted by molar-refractivity contribution is 7.92. The maximum absolute atomic E-state index is 13.9. The van der Waals surface area contributed by atoms with Gasteiger partial charge in [0.2, 0.25) is 0 Å². The highest BCUT2D eigenvalue weighted by atomic mass is 32.2. The number of aryl methyl sites for hydroxylation is 3. The zero-order valence-corrected chi connectivity index (χ0v) is 27.0. The predicted molar refractivity (Wildman–Crippen MR) is 177 cm³/mol.